The van der Waals surface area contributed by atoms with Crippen molar-refractivity contribution in [3.05, 3.63) is 33.8 Å². The van der Waals surface area contributed by atoms with Crippen molar-refractivity contribution in [3.8, 4) is 0 Å². The molecule has 0 bridgehead atoms. The van der Waals surface area contributed by atoms with Crippen LogP contribution in [0.3, 0.4) is 0 Å². The molecule has 0 spiro atoms. The summed E-state index contributed by atoms with van der Waals surface area (Å²) in [6, 6.07) is 4.40. The molecule has 0 amide bonds. The maximum absolute atomic E-state index is 12.3. The Morgan fingerprint density at radius 3 is 2.71 bits per heavy atom. The van der Waals surface area contributed by atoms with E-state index in [0.717, 1.165) is 12.8 Å². The van der Waals surface area contributed by atoms with Crippen LogP contribution in [0.4, 0.5) is 0 Å². The van der Waals surface area contributed by atoms with Crippen molar-refractivity contribution in [1.82, 2.24) is 4.90 Å². The number of benzene rings is 1. The molecule has 1 aromatic rings. The fourth-order valence-electron chi connectivity index (χ4n) is 2.75. The van der Waals surface area contributed by atoms with Gasteiger partial charge in [-0.1, -0.05) is 23.2 Å². The molecule has 24 heavy (non-hydrogen) atoms. The average Bonchev–Trinajstić information content (AvgIpc) is 2.54. The highest BCUT2D eigenvalue weighted by Gasteiger charge is 2.29. The van der Waals surface area contributed by atoms with Crippen molar-refractivity contribution in [2.75, 3.05) is 26.2 Å². The molecule has 7 heteroatoms. The van der Waals surface area contributed by atoms with Gasteiger partial charge in [-0.2, -0.15) is 0 Å². The van der Waals surface area contributed by atoms with Crippen LogP contribution in [-0.2, 0) is 14.3 Å². The molecule has 1 aliphatic rings. The number of rotatable bonds is 6. The quantitative estimate of drug-likeness (QED) is 0.436. The summed E-state index contributed by atoms with van der Waals surface area (Å²) in [5.74, 6) is -1.69. The molecule has 2 rings (SSSR count). The van der Waals surface area contributed by atoms with Crippen LogP contribution in [0.5, 0.6) is 0 Å². The number of likely N-dealkylation sites (tertiary alicyclic amines) is 1. The van der Waals surface area contributed by atoms with Gasteiger partial charge in [-0.25, -0.2) is 0 Å². The second-order valence-corrected chi connectivity index (χ2v) is 6.55. The molecule has 1 fully saturated rings. The van der Waals surface area contributed by atoms with E-state index in [1.807, 2.05) is 4.90 Å². The van der Waals surface area contributed by atoms with E-state index in [0.29, 0.717) is 24.7 Å². The summed E-state index contributed by atoms with van der Waals surface area (Å²) in [5, 5.41) is 0.557. The standard InChI is InChI=1S/C17H19Cl2NO4/c1-2-24-17(23)11-4-3-7-20(9-11)10-15(21)16(22)13-6-5-12(18)8-14(13)19/h5-6,8,11H,2-4,7,9-10H2,1H3/t11-/m0/s1. The Bertz CT molecular complexity index is 647. The zero-order valence-electron chi connectivity index (χ0n) is 13.4. The zero-order chi connectivity index (χ0) is 17.7. The van der Waals surface area contributed by atoms with Crippen LogP contribution in [0, 0.1) is 5.92 Å². The lowest BCUT2D eigenvalue weighted by molar-refractivity contribution is -0.150. The molecular formula is C17H19Cl2NO4. The molecule has 5 nitrogen and oxygen atoms in total. The molecule has 0 N–H and O–H groups in total. The van der Waals surface area contributed by atoms with Gasteiger partial charge < -0.3 is 4.74 Å². The second kappa shape index (κ2) is 8.60. The lowest BCUT2D eigenvalue weighted by Gasteiger charge is -2.30. The first-order valence-corrected chi connectivity index (χ1v) is 8.59. The molecule has 1 heterocycles. The number of halogens is 2. The van der Waals surface area contributed by atoms with Gasteiger partial charge >= 0.3 is 5.97 Å². The molecule has 130 valence electrons. The minimum absolute atomic E-state index is 0.0340. The number of hydrogen-bond donors (Lipinski definition) is 0. The Kier molecular flexibility index (Phi) is 6.78. The molecule has 0 saturated carbocycles. The van der Waals surface area contributed by atoms with Crippen LogP contribution < -0.4 is 0 Å². The topological polar surface area (TPSA) is 63.7 Å². The smallest absolute Gasteiger partial charge is 0.310 e. The van der Waals surface area contributed by atoms with Crippen molar-refractivity contribution in [3.63, 3.8) is 0 Å². The zero-order valence-corrected chi connectivity index (χ0v) is 14.9. The summed E-state index contributed by atoms with van der Waals surface area (Å²) in [5.41, 5.74) is 0.144. The Balaban J connectivity index is 1.98. The first kappa shape index (κ1) is 18.9. The highest BCUT2D eigenvalue weighted by molar-refractivity contribution is 6.48. The number of ether oxygens (including phenoxy) is 1. The number of nitrogens with zero attached hydrogens (tertiary/aromatic N) is 1. The molecule has 0 aromatic heterocycles. The Morgan fingerprint density at radius 2 is 2.04 bits per heavy atom. The number of carbonyl (C=O) groups is 3. The van der Waals surface area contributed by atoms with Gasteiger partial charge in [0.25, 0.3) is 0 Å². The van der Waals surface area contributed by atoms with Crippen molar-refractivity contribution >= 4 is 40.7 Å². The molecule has 0 aliphatic carbocycles. The molecule has 1 aliphatic heterocycles. The van der Waals surface area contributed by atoms with Crippen LogP contribution in [0.1, 0.15) is 30.1 Å². The minimum atomic E-state index is -0.644. The van der Waals surface area contributed by atoms with E-state index in [4.69, 9.17) is 27.9 Å². The Labute approximate surface area is 150 Å². The summed E-state index contributed by atoms with van der Waals surface area (Å²) in [6.07, 6.45) is 1.52. The lowest BCUT2D eigenvalue weighted by Crippen LogP contribution is -2.43. The van der Waals surface area contributed by atoms with Gasteiger partial charge in [-0.3, -0.25) is 19.3 Å². The van der Waals surface area contributed by atoms with Crippen molar-refractivity contribution in [1.29, 1.82) is 0 Å². The fourth-order valence-corrected chi connectivity index (χ4v) is 3.24. The highest BCUT2D eigenvalue weighted by Crippen LogP contribution is 2.22. The van der Waals surface area contributed by atoms with Gasteiger partial charge in [0.15, 0.2) is 0 Å². The van der Waals surface area contributed by atoms with Gasteiger partial charge in [0.1, 0.15) is 0 Å². The Hall–Kier alpha value is -1.43. The number of hydrogen-bond acceptors (Lipinski definition) is 5. The van der Waals surface area contributed by atoms with E-state index >= 15 is 0 Å². The van der Waals surface area contributed by atoms with Gasteiger partial charge in [-0.05, 0) is 44.5 Å². The number of carbonyl (C=O) groups excluding carboxylic acids is 3. The summed E-state index contributed by atoms with van der Waals surface area (Å²) in [4.78, 5) is 38.2. The number of piperidine rings is 1. The molecule has 1 saturated heterocycles. The van der Waals surface area contributed by atoms with E-state index in [1.54, 1.807) is 6.92 Å². The van der Waals surface area contributed by atoms with Crippen LogP contribution in [0.15, 0.2) is 18.2 Å². The number of Topliss-reactive ketones (excluding diaryl/α,β-unsaturated/α-hetero) is 2. The van der Waals surface area contributed by atoms with Gasteiger partial charge in [0.05, 0.1) is 24.1 Å². The van der Waals surface area contributed by atoms with E-state index in [1.165, 1.54) is 18.2 Å². The first-order chi connectivity index (χ1) is 11.4. The maximum Gasteiger partial charge on any atom is 0.310 e. The van der Waals surface area contributed by atoms with Crippen LogP contribution in [0.25, 0.3) is 0 Å². The van der Waals surface area contributed by atoms with Crippen molar-refractivity contribution in [2.24, 2.45) is 5.92 Å². The summed E-state index contributed by atoms with van der Waals surface area (Å²) in [6.45, 7) is 3.15. The third-order valence-corrected chi connectivity index (χ3v) is 4.47. The largest absolute Gasteiger partial charge is 0.466 e. The van der Waals surface area contributed by atoms with E-state index in [9.17, 15) is 14.4 Å². The predicted octanol–water partition coefficient (Wildman–Crippen LogP) is 3.02. The first-order valence-electron chi connectivity index (χ1n) is 7.84. The van der Waals surface area contributed by atoms with Crippen LogP contribution in [0.2, 0.25) is 10.0 Å². The van der Waals surface area contributed by atoms with Gasteiger partial charge in [0, 0.05) is 17.1 Å². The van der Waals surface area contributed by atoms with Gasteiger partial charge in [-0.15, -0.1) is 0 Å². The normalized spacial score (nSPS) is 18.2. The van der Waals surface area contributed by atoms with Crippen LogP contribution in [-0.4, -0.2) is 48.7 Å². The fraction of sp³-hybridized carbons (Fsp3) is 0.471. The van der Waals surface area contributed by atoms with Crippen molar-refractivity contribution < 1.29 is 19.1 Å². The van der Waals surface area contributed by atoms with Crippen molar-refractivity contribution in [2.45, 2.75) is 19.8 Å². The van der Waals surface area contributed by atoms with E-state index < -0.39 is 11.6 Å². The van der Waals surface area contributed by atoms with Crippen LogP contribution >= 0.6 is 23.2 Å². The monoisotopic (exact) mass is 371 g/mol. The summed E-state index contributed by atoms with van der Waals surface area (Å²) in [7, 11) is 0. The van der Waals surface area contributed by atoms with Gasteiger partial charge in [0.2, 0.25) is 11.6 Å². The lowest BCUT2D eigenvalue weighted by atomic mass is 9.97. The second-order valence-electron chi connectivity index (χ2n) is 5.70. The number of esters is 1. The summed E-state index contributed by atoms with van der Waals surface area (Å²) >= 11 is 11.8. The highest BCUT2D eigenvalue weighted by atomic mass is 35.5. The van der Waals surface area contributed by atoms with E-state index in [2.05, 4.69) is 0 Å². The predicted molar refractivity (Wildman–Crippen MR) is 91.6 cm³/mol. The molecule has 0 unspecified atom stereocenters. The maximum atomic E-state index is 12.3. The third-order valence-electron chi connectivity index (χ3n) is 3.92. The van der Waals surface area contributed by atoms with E-state index in [-0.39, 0.29) is 29.0 Å². The molecule has 1 aromatic carbocycles. The molecule has 0 radical (unpaired) electrons. The summed E-state index contributed by atoms with van der Waals surface area (Å²) < 4.78 is 5.03. The molecule has 1 atom stereocenters. The SMILES string of the molecule is CCOC(=O)[C@H]1CCCN(CC(=O)C(=O)c2ccc(Cl)cc2Cl)C1. The minimum Gasteiger partial charge on any atom is -0.466 e. The average molecular weight is 372 g/mol. The number of ketones is 2. The molecular weight excluding hydrogens is 353 g/mol. The third kappa shape index (κ3) is 4.79. The Morgan fingerprint density at radius 1 is 1.29 bits per heavy atom.